The first-order valence-corrected chi connectivity index (χ1v) is 8.73. The molecule has 0 spiro atoms. The minimum atomic E-state index is 0.171. The lowest BCUT2D eigenvalue weighted by Crippen LogP contribution is -2.41. The second kappa shape index (κ2) is 8.11. The summed E-state index contributed by atoms with van der Waals surface area (Å²) in [4.78, 5) is 18.8. The van der Waals surface area contributed by atoms with Crippen molar-refractivity contribution in [2.75, 3.05) is 31.2 Å². The molecule has 0 saturated carbocycles. The number of carbonyl (C=O) groups is 1. The molecule has 2 aliphatic heterocycles. The summed E-state index contributed by atoms with van der Waals surface area (Å²) in [5, 5.41) is 12.1. The van der Waals surface area contributed by atoms with Gasteiger partial charge in [0.05, 0.1) is 11.6 Å². The summed E-state index contributed by atoms with van der Waals surface area (Å²) in [6.07, 6.45) is 6.10. The molecular formula is C18H24N4O2. The van der Waals surface area contributed by atoms with Crippen molar-refractivity contribution >= 4 is 11.7 Å². The third-order valence-electron chi connectivity index (χ3n) is 4.87. The summed E-state index contributed by atoms with van der Waals surface area (Å²) in [7, 11) is 0. The number of pyridine rings is 1. The zero-order valence-electron chi connectivity index (χ0n) is 13.9. The Kier molecular flexibility index (Phi) is 5.65. The predicted molar refractivity (Wildman–Crippen MR) is 90.5 cm³/mol. The molecular weight excluding hydrogens is 304 g/mol. The average Bonchev–Trinajstić information content (AvgIpc) is 2.63. The number of piperidine rings is 1. The van der Waals surface area contributed by atoms with E-state index in [1.807, 2.05) is 6.07 Å². The predicted octanol–water partition coefficient (Wildman–Crippen LogP) is 1.85. The Morgan fingerprint density at radius 1 is 1.33 bits per heavy atom. The van der Waals surface area contributed by atoms with Crippen molar-refractivity contribution in [3.8, 4) is 6.07 Å². The van der Waals surface area contributed by atoms with Gasteiger partial charge in [-0.3, -0.25) is 4.79 Å². The molecule has 0 aromatic carbocycles. The van der Waals surface area contributed by atoms with Crippen LogP contribution in [-0.2, 0) is 9.53 Å². The summed E-state index contributed by atoms with van der Waals surface area (Å²) in [5.41, 5.74) is 0.637. The van der Waals surface area contributed by atoms with Crippen molar-refractivity contribution in [1.82, 2.24) is 10.3 Å². The smallest absolute Gasteiger partial charge is 0.220 e. The van der Waals surface area contributed by atoms with E-state index in [0.29, 0.717) is 17.9 Å². The van der Waals surface area contributed by atoms with Crippen molar-refractivity contribution in [2.45, 2.75) is 38.1 Å². The van der Waals surface area contributed by atoms with Gasteiger partial charge in [0.2, 0.25) is 5.91 Å². The minimum absolute atomic E-state index is 0.171. The van der Waals surface area contributed by atoms with Crippen LogP contribution < -0.4 is 10.2 Å². The molecule has 0 atom stereocenters. The quantitative estimate of drug-likeness (QED) is 0.912. The first-order valence-electron chi connectivity index (χ1n) is 8.73. The highest BCUT2D eigenvalue weighted by Gasteiger charge is 2.24. The topological polar surface area (TPSA) is 78.2 Å². The Morgan fingerprint density at radius 3 is 2.79 bits per heavy atom. The SMILES string of the molecule is N#Cc1ccnc(N2CCC(CC(=O)NC3CCOCC3)CC2)c1. The molecule has 3 heterocycles. The zero-order valence-corrected chi connectivity index (χ0v) is 13.9. The van der Waals surface area contributed by atoms with Crippen LogP contribution in [0.2, 0.25) is 0 Å². The number of anilines is 1. The summed E-state index contributed by atoms with van der Waals surface area (Å²) in [6.45, 7) is 3.27. The van der Waals surface area contributed by atoms with Crippen LogP contribution in [0.25, 0.3) is 0 Å². The summed E-state index contributed by atoms with van der Waals surface area (Å²) in [6, 6.07) is 5.98. The number of hydrogen-bond donors (Lipinski definition) is 1. The molecule has 0 unspecified atom stereocenters. The second-order valence-corrected chi connectivity index (χ2v) is 6.60. The van der Waals surface area contributed by atoms with Gasteiger partial charge in [0, 0.05) is 45.0 Å². The number of nitriles is 1. The van der Waals surface area contributed by atoms with Crippen LogP contribution in [0.5, 0.6) is 0 Å². The Bertz CT molecular complexity index is 599. The molecule has 2 saturated heterocycles. The third kappa shape index (κ3) is 4.45. The number of rotatable bonds is 4. The van der Waals surface area contributed by atoms with Crippen molar-refractivity contribution < 1.29 is 9.53 Å². The van der Waals surface area contributed by atoms with Crippen molar-refractivity contribution in [2.24, 2.45) is 5.92 Å². The summed E-state index contributed by atoms with van der Waals surface area (Å²) < 4.78 is 5.32. The molecule has 2 fully saturated rings. The molecule has 2 aliphatic rings. The van der Waals surface area contributed by atoms with Gasteiger partial charge in [-0.1, -0.05) is 0 Å². The molecule has 1 amide bonds. The molecule has 6 nitrogen and oxygen atoms in total. The van der Waals surface area contributed by atoms with E-state index in [2.05, 4.69) is 21.3 Å². The maximum atomic E-state index is 12.2. The fourth-order valence-electron chi connectivity index (χ4n) is 3.42. The molecule has 0 radical (unpaired) electrons. The zero-order chi connectivity index (χ0) is 16.8. The third-order valence-corrected chi connectivity index (χ3v) is 4.87. The number of nitrogens with zero attached hydrogens (tertiary/aromatic N) is 3. The first kappa shape index (κ1) is 16.7. The van der Waals surface area contributed by atoms with Crippen LogP contribution in [0.15, 0.2) is 18.3 Å². The highest BCUT2D eigenvalue weighted by Crippen LogP contribution is 2.24. The van der Waals surface area contributed by atoms with E-state index in [1.165, 1.54) is 0 Å². The number of nitrogens with one attached hydrogen (secondary N) is 1. The van der Waals surface area contributed by atoms with E-state index >= 15 is 0 Å². The molecule has 128 valence electrons. The van der Waals surface area contributed by atoms with Gasteiger partial charge >= 0.3 is 0 Å². The van der Waals surface area contributed by atoms with E-state index in [4.69, 9.17) is 10.00 Å². The molecule has 0 bridgehead atoms. The largest absolute Gasteiger partial charge is 0.381 e. The van der Waals surface area contributed by atoms with Gasteiger partial charge in [-0.2, -0.15) is 5.26 Å². The van der Waals surface area contributed by atoms with Crippen LogP contribution in [0.1, 0.15) is 37.7 Å². The highest BCUT2D eigenvalue weighted by molar-refractivity contribution is 5.76. The Labute approximate surface area is 142 Å². The number of amides is 1. The molecule has 1 aromatic heterocycles. The molecule has 1 N–H and O–H groups in total. The lowest BCUT2D eigenvalue weighted by molar-refractivity contribution is -0.123. The van der Waals surface area contributed by atoms with Gasteiger partial charge < -0.3 is 15.0 Å². The Hall–Kier alpha value is -2.13. The van der Waals surface area contributed by atoms with Crippen LogP contribution in [0.4, 0.5) is 5.82 Å². The molecule has 0 aliphatic carbocycles. The normalized spacial score (nSPS) is 19.7. The van der Waals surface area contributed by atoms with E-state index in [9.17, 15) is 4.79 Å². The minimum Gasteiger partial charge on any atom is -0.381 e. The molecule has 3 rings (SSSR count). The van der Waals surface area contributed by atoms with Gasteiger partial charge in [-0.15, -0.1) is 0 Å². The van der Waals surface area contributed by atoms with Gasteiger partial charge in [0.15, 0.2) is 0 Å². The lowest BCUT2D eigenvalue weighted by Gasteiger charge is -2.33. The van der Waals surface area contributed by atoms with E-state index in [-0.39, 0.29) is 11.9 Å². The fourth-order valence-corrected chi connectivity index (χ4v) is 3.42. The standard InChI is InChI=1S/C18H24N4O2/c19-13-15-1-6-20-17(11-15)22-7-2-14(3-8-22)12-18(23)21-16-4-9-24-10-5-16/h1,6,11,14,16H,2-5,7-10,12H2,(H,21,23). The van der Waals surface area contributed by atoms with Crippen LogP contribution in [-0.4, -0.2) is 43.2 Å². The summed E-state index contributed by atoms with van der Waals surface area (Å²) >= 11 is 0. The van der Waals surface area contributed by atoms with Crippen LogP contribution >= 0.6 is 0 Å². The van der Waals surface area contributed by atoms with Crippen molar-refractivity contribution in [3.05, 3.63) is 23.9 Å². The summed E-state index contributed by atoms with van der Waals surface area (Å²) in [5.74, 6) is 1.46. The number of aromatic nitrogens is 1. The van der Waals surface area contributed by atoms with E-state index in [1.54, 1.807) is 12.3 Å². The molecule has 6 heteroatoms. The van der Waals surface area contributed by atoms with Crippen molar-refractivity contribution in [1.29, 1.82) is 5.26 Å². The lowest BCUT2D eigenvalue weighted by atomic mass is 9.93. The number of ether oxygens (including phenoxy) is 1. The second-order valence-electron chi connectivity index (χ2n) is 6.60. The van der Waals surface area contributed by atoms with Gasteiger partial charge in [0.1, 0.15) is 5.82 Å². The van der Waals surface area contributed by atoms with E-state index in [0.717, 1.165) is 57.8 Å². The van der Waals surface area contributed by atoms with Crippen LogP contribution in [0.3, 0.4) is 0 Å². The Morgan fingerprint density at radius 2 is 2.08 bits per heavy atom. The molecule has 24 heavy (non-hydrogen) atoms. The van der Waals surface area contributed by atoms with Gasteiger partial charge in [-0.25, -0.2) is 4.98 Å². The average molecular weight is 328 g/mol. The maximum absolute atomic E-state index is 12.2. The Balaban J connectivity index is 1.44. The van der Waals surface area contributed by atoms with Gasteiger partial charge in [-0.05, 0) is 43.7 Å². The number of hydrogen-bond acceptors (Lipinski definition) is 5. The van der Waals surface area contributed by atoms with Gasteiger partial charge in [0.25, 0.3) is 0 Å². The van der Waals surface area contributed by atoms with Crippen molar-refractivity contribution in [3.63, 3.8) is 0 Å². The fraction of sp³-hybridized carbons (Fsp3) is 0.611. The first-order chi connectivity index (χ1) is 11.7. The number of carbonyl (C=O) groups excluding carboxylic acids is 1. The highest BCUT2D eigenvalue weighted by atomic mass is 16.5. The van der Waals surface area contributed by atoms with Crippen LogP contribution in [0, 0.1) is 17.2 Å². The molecule has 1 aromatic rings. The maximum Gasteiger partial charge on any atom is 0.220 e. The monoisotopic (exact) mass is 328 g/mol. The van der Waals surface area contributed by atoms with E-state index < -0.39 is 0 Å².